The molecule has 0 unspecified atom stereocenters. The van der Waals surface area contributed by atoms with Crippen LogP contribution in [0.3, 0.4) is 0 Å². The number of hydrogen-bond donors (Lipinski definition) is 4. The van der Waals surface area contributed by atoms with Gasteiger partial charge in [-0.2, -0.15) is 0 Å². The second-order valence-electron chi connectivity index (χ2n) is 27.3. The predicted molar refractivity (Wildman–Crippen MR) is 342 cm³/mol. The Kier molecular flexibility index (Phi) is 19.2. The lowest BCUT2D eigenvalue weighted by Gasteiger charge is -2.45. The normalized spacial score (nSPS) is 23.8. The topological polar surface area (TPSA) is 202 Å². The fourth-order valence-corrected chi connectivity index (χ4v) is 14.0. The van der Waals surface area contributed by atoms with Crippen LogP contribution in [0.15, 0.2) is 94.5 Å². The summed E-state index contributed by atoms with van der Waals surface area (Å²) in [6, 6.07) is 23.4. The lowest BCUT2D eigenvalue weighted by Crippen LogP contribution is -2.63. The summed E-state index contributed by atoms with van der Waals surface area (Å²) in [5.74, 6) is -0.109. The van der Waals surface area contributed by atoms with Gasteiger partial charge in [-0.1, -0.05) is 58.0 Å². The molecule has 6 aliphatic heterocycles. The number of ether oxygens (including phenoxy) is 2. The van der Waals surface area contributed by atoms with Crippen LogP contribution < -0.4 is 41.0 Å². The van der Waals surface area contributed by atoms with E-state index in [1.807, 2.05) is 59.4 Å². The highest BCUT2D eigenvalue weighted by Gasteiger charge is 2.44. The number of nitrogens with zero attached hydrogens (tertiary/aromatic N) is 8. The van der Waals surface area contributed by atoms with Crippen LogP contribution in [0.2, 0.25) is 0 Å². The number of halogens is 2. The molecule has 11 rings (SSSR count). The fourth-order valence-electron chi connectivity index (χ4n) is 14.0. The first kappa shape index (κ1) is 64.2. The van der Waals surface area contributed by atoms with Crippen molar-refractivity contribution in [2.75, 3.05) is 128 Å². The molecule has 4 saturated heterocycles. The van der Waals surface area contributed by atoms with E-state index in [0.717, 1.165) is 22.5 Å². The minimum absolute atomic E-state index is 0.0369. The Bertz CT molecular complexity index is 3340. The van der Waals surface area contributed by atoms with Gasteiger partial charge >= 0.3 is 0 Å². The number of aromatic amines is 2. The minimum atomic E-state index is -0.462. The summed E-state index contributed by atoms with van der Waals surface area (Å²) < 4.78 is 39.4. The van der Waals surface area contributed by atoms with E-state index < -0.39 is 10.8 Å². The van der Waals surface area contributed by atoms with Gasteiger partial charge in [0.25, 0.3) is 22.9 Å². The van der Waals surface area contributed by atoms with E-state index in [1.54, 1.807) is 48.5 Å². The van der Waals surface area contributed by atoms with Crippen molar-refractivity contribution in [3.05, 3.63) is 151 Å². The zero-order valence-electron chi connectivity index (χ0n) is 53.3. The molecule has 8 heterocycles. The van der Waals surface area contributed by atoms with E-state index in [-0.39, 0.29) is 109 Å². The number of hydrogen-bond acceptors (Lipinski definition) is 14. The molecule has 2 aromatic heterocycles. The molecular weight excluding hydrogens is 1150 g/mol. The number of fused-ring (bicyclic) bond motifs is 2. The number of amides is 4. The standard InChI is InChI=1S/C68H88F2N12O8/c1-43-31-79(37-59(83)81-41-67(5,6)63-57(81)26-49(65(87)73-63)24-47-12-16-51(69)17-13-47)53(29-71-43)35-75-20-22-77(33-45(75)3)61(85)39-89-55-10-9-11-56(28-55)90-40-62(86)78-23-21-76(46(4)34-78)36-54-30-72-44(2)32-80(54)38-60(84)82-42-68(7,8)64-58(82)27-50(66(88)74-64)25-48-14-18-52(70)19-15-48/h9-19,26-28,43-46,53-54,71-72H,20-25,29-42H2,1-8H3,(H,73,87)(H,74,88)/t43-,44-,45-,46-,53-,54-/m1/s1. The van der Waals surface area contributed by atoms with E-state index in [1.165, 1.54) is 24.3 Å². The molecule has 6 aliphatic rings. The monoisotopic (exact) mass is 1240 g/mol. The maximum absolute atomic E-state index is 14.4. The van der Waals surface area contributed by atoms with Crippen LogP contribution in [0, 0.1) is 11.6 Å². The summed E-state index contributed by atoms with van der Waals surface area (Å²) in [7, 11) is 0. The SMILES string of the molecule is C[C@@H]1CN(CC(=O)N2CC(C)(C)c3[nH]c(=O)c(Cc4ccc(F)cc4)cc32)[C@@H](CN2CCN(C(=O)COc3cccc(OCC(=O)N4CCN(C[C@H]5CN[C@H](C)CN5CC(=O)N5CC(C)(C)c6[nH]c(=O)c(Cc7ccc(F)cc7)cc65)[C@H](C)C4)c3)C[C@H]2C)CN1. The van der Waals surface area contributed by atoms with Crippen molar-refractivity contribution in [3.8, 4) is 11.5 Å². The van der Waals surface area contributed by atoms with E-state index >= 15 is 0 Å². The average Bonchev–Trinajstić information content (AvgIpc) is 1.77. The van der Waals surface area contributed by atoms with Crippen molar-refractivity contribution >= 4 is 35.0 Å². The lowest BCUT2D eigenvalue weighted by molar-refractivity contribution is -0.137. The van der Waals surface area contributed by atoms with Gasteiger partial charge in [0.05, 0.1) is 24.5 Å². The number of nitrogens with one attached hydrogen (secondary N) is 4. The van der Waals surface area contributed by atoms with E-state index in [9.17, 15) is 37.5 Å². The van der Waals surface area contributed by atoms with Crippen molar-refractivity contribution in [1.82, 2.24) is 50.0 Å². The Morgan fingerprint density at radius 2 is 0.922 bits per heavy atom. The first-order valence-electron chi connectivity index (χ1n) is 31.9. The second-order valence-corrected chi connectivity index (χ2v) is 27.3. The number of piperazine rings is 4. The molecule has 90 heavy (non-hydrogen) atoms. The summed E-state index contributed by atoms with van der Waals surface area (Å²) in [6.45, 7) is 25.2. The number of H-pyrrole nitrogens is 2. The molecule has 4 amide bonds. The molecule has 6 atom stereocenters. The lowest BCUT2D eigenvalue weighted by atomic mass is 9.91. The number of pyridine rings is 2. The Morgan fingerprint density at radius 1 is 0.522 bits per heavy atom. The van der Waals surface area contributed by atoms with Crippen LogP contribution in [-0.4, -0.2) is 217 Å². The number of carbonyl (C=O) groups excluding carboxylic acids is 4. The maximum Gasteiger partial charge on any atom is 0.260 e. The van der Waals surface area contributed by atoms with Crippen LogP contribution in [0.5, 0.6) is 11.5 Å². The van der Waals surface area contributed by atoms with Gasteiger partial charge in [-0.25, -0.2) is 8.78 Å². The van der Waals surface area contributed by atoms with Gasteiger partial charge < -0.3 is 49.7 Å². The van der Waals surface area contributed by atoms with Gasteiger partial charge in [-0.15, -0.1) is 0 Å². The Balaban J connectivity index is 0.623. The summed E-state index contributed by atoms with van der Waals surface area (Å²) in [5.41, 5.74) is 4.19. The van der Waals surface area contributed by atoms with Crippen LogP contribution in [0.1, 0.15) is 89.0 Å². The molecule has 4 N–H and O–H groups in total. The van der Waals surface area contributed by atoms with Crippen molar-refractivity contribution in [2.24, 2.45) is 0 Å². The third-order valence-corrected chi connectivity index (χ3v) is 19.2. The average molecular weight is 1240 g/mol. The molecule has 4 fully saturated rings. The van der Waals surface area contributed by atoms with E-state index in [2.05, 4.69) is 67.9 Å². The summed E-state index contributed by atoms with van der Waals surface area (Å²) in [5, 5.41) is 7.23. The molecule has 5 aromatic rings. The number of aromatic nitrogens is 2. The first-order chi connectivity index (χ1) is 42.9. The number of benzene rings is 3. The van der Waals surface area contributed by atoms with E-state index in [4.69, 9.17) is 9.47 Å². The smallest absolute Gasteiger partial charge is 0.260 e. The van der Waals surface area contributed by atoms with Gasteiger partial charge in [0.15, 0.2) is 13.2 Å². The zero-order valence-corrected chi connectivity index (χ0v) is 53.3. The van der Waals surface area contributed by atoms with Crippen molar-refractivity contribution in [2.45, 2.75) is 115 Å². The molecule has 482 valence electrons. The maximum atomic E-state index is 14.4. The molecular formula is C68H88F2N12O8. The quantitative estimate of drug-likeness (QED) is 0.0967. The van der Waals surface area contributed by atoms with Gasteiger partial charge in [-0.05, 0) is 87.4 Å². The van der Waals surface area contributed by atoms with Crippen LogP contribution in [0.4, 0.5) is 20.2 Å². The highest BCUT2D eigenvalue weighted by molar-refractivity contribution is 5.98. The third kappa shape index (κ3) is 14.7. The van der Waals surface area contributed by atoms with Crippen LogP contribution in [-0.2, 0) is 42.8 Å². The molecule has 0 bridgehead atoms. The Labute approximate surface area is 525 Å². The van der Waals surface area contributed by atoms with Gasteiger partial charge in [0.2, 0.25) is 11.8 Å². The Morgan fingerprint density at radius 3 is 1.31 bits per heavy atom. The molecule has 0 spiro atoms. The minimum Gasteiger partial charge on any atom is -0.484 e. The molecule has 0 radical (unpaired) electrons. The molecule has 3 aromatic carbocycles. The van der Waals surface area contributed by atoms with Crippen LogP contribution >= 0.6 is 0 Å². The van der Waals surface area contributed by atoms with Crippen molar-refractivity contribution < 1.29 is 37.4 Å². The molecule has 22 heteroatoms. The summed E-state index contributed by atoms with van der Waals surface area (Å²) in [6.07, 6.45) is 0.626. The van der Waals surface area contributed by atoms with Crippen molar-refractivity contribution in [1.29, 1.82) is 0 Å². The molecule has 0 saturated carbocycles. The van der Waals surface area contributed by atoms with Crippen LogP contribution in [0.25, 0.3) is 0 Å². The molecule has 20 nitrogen and oxygen atoms in total. The van der Waals surface area contributed by atoms with Gasteiger partial charge in [0.1, 0.15) is 23.1 Å². The highest BCUT2D eigenvalue weighted by atomic mass is 19.1. The van der Waals surface area contributed by atoms with E-state index in [0.29, 0.717) is 138 Å². The van der Waals surface area contributed by atoms with Gasteiger partial charge in [-0.3, -0.25) is 48.4 Å². The summed E-state index contributed by atoms with van der Waals surface area (Å²) >= 11 is 0. The number of rotatable bonds is 18. The third-order valence-electron chi connectivity index (χ3n) is 19.2. The fraction of sp³-hybridized carbons (Fsp3) is 0.529. The second kappa shape index (κ2) is 26.9. The Hall–Kier alpha value is -7.34. The highest BCUT2D eigenvalue weighted by Crippen LogP contribution is 2.41. The van der Waals surface area contributed by atoms with Crippen molar-refractivity contribution in [3.63, 3.8) is 0 Å². The predicted octanol–water partition coefficient (Wildman–Crippen LogP) is 4.32. The number of anilines is 2. The number of carbonyl (C=O) groups is 4. The zero-order chi connectivity index (χ0) is 63.8. The first-order valence-corrected chi connectivity index (χ1v) is 31.9. The molecule has 0 aliphatic carbocycles. The summed E-state index contributed by atoms with van der Waals surface area (Å²) in [4.78, 5) is 106. The van der Waals surface area contributed by atoms with Gasteiger partial charge in [0, 0.05) is 180 Å². The largest absolute Gasteiger partial charge is 0.484 e.